The molecule has 6 nitrogen and oxygen atoms in total. The fraction of sp³-hybridized carbons (Fsp3) is 0.174. The number of hydrogen-bond donors (Lipinski definition) is 2. The summed E-state index contributed by atoms with van der Waals surface area (Å²) in [6.45, 7) is 1.52. The molecule has 2 heterocycles. The van der Waals surface area contributed by atoms with Gasteiger partial charge in [-0.2, -0.15) is 0 Å². The molecule has 3 aromatic rings. The molecule has 0 bridgehead atoms. The van der Waals surface area contributed by atoms with Crippen LogP contribution in [0.4, 0.5) is 4.79 Å². The molecule has 2 aromatic carbocycles. The molecule has 0 saturated carbocycles. The SMILES string of the molecule is C[C@@H](NC(=O)CN1C(=O)NC(c2ccccc2)(c2ccccc2)C1=O)c1cccs1. The van der Waals surface area contributed by atoms with Crippen LogP contribution in [0.3, 0.4) is 0 Å². The fourth-order valence-corrected chi connectivity index (χ4v) is 4.43. The maximum Gasteiger partial charge on any atom is 0.326 e. The number of nitrogens with zero attached hydrogens (tertiary/aromatic N) is 1. The molecular formula is C23H21N3O3S. The normalized spacial score (nSPS) is 16.2. The van der Waals surface area contributed by atoms with Crippen LogP contribution in [0.15, 0.2) is 78.2 Å². The molecule has 0 radical (unpaired) electrons. The number of carbonyl (C=O) groups is 3. The van der Waals surface area contributed by atoms with Crippen molar-refractivity contribution in [3.05, 3.63) is 94.2 Å². The average Bonchev–Trinajstić information content (AvgIpc) is 3.39. The van der Waals surface area contributed by atoms with Crippen LogP contribution in [0.5, 0.6) is 0 Å². The highest BCUT2D eigenvalue weighted by Gasteiger charge is 2.54. The molecule has 1 aliphatic heterocycles. The first kappa shape index (κ1) is 19.8. The van der Waals surface area contributed by atoms with E-state index in [0.717, 1.165) is 9.78 Å². The number of benzene rings is 2. The molecule has 7 heteroatoms. The van der Waals surface area contributed by atoms with E-state index in [-0.39, 0.29) is 12.6 Å². The number of rotatable bonds is 6. The Balaban J connectivity index is 1.62. The van der Waals surface area contributed by atoms with Gasteiger partial charge in [-0.1, -0.05) is 66.7 Å². The lowest BCUT2D eigenvalue weighted by Gasteiger charge is -2.28. The van der Waals surface area contributed by atoms with Crippen LogP contribution in [-0.2, 0) is 15.1 Å². The van der Waals surface area contributed by atoms with Crippen LogP contribution >= 0.6 is 11.3 Å². The lowest BCUT2D eigenvalue weighted by molar-refractivity contribution is -0.134. The van der Waals surface area contributed by atoms with Gasteiger partial charge in [0.15, 0.2) is 5.54 Å². The maximum atomic E-state index is 13.6. The smallest absolute Gasteiger partial charge is 0.326 e. The van der Waals surface area contributed by atoms with Crippen LogP contribution in [-0.4, -0.2) is 29.3 Å². The average molecular weight is 420 g/mol. The topological polar surface area (TPSA) is 78.5 Å². The Morgan fingerprint density at radius 2 is 1.60 bits per heavy atom. The molecule has 1 atom stereocenters. The van der Waals surface area contributed by atoms with Crippen LogP contribution in [0.1, 0.15) is 29.0 Å². The molecule has 4 amide bonds. The van der Waals surface area contributed by atoms with Crippen molar-refractivity contribution in [3.63, 3.8) is 0 Å². The Morgan fingerprint density at radius 1 is 1.00 bits per heavy atom. The third-order valence-corrected chi connectivity index (χ3v) is 6.22. The van der Waals surface area contributed by atoms with E-state index in [4.69, 9.17) is 0 Å². The molecule has 2 N–H and O–H groups in total. The van der Waals surface area contributed by atoms with Gasteiger partial charge in [0.1, 0.15) is 6.54 Å². The van der Waals surface area contributed by atoms with Crippen LogP contribution in [0.25, 0.3) is 0 Å². The number of thiophene rings is 1. The molecule has 1 saturated heterocycles. The monoisotopic (exact) mass is 419 g/mol. The number of imide groups is 1. The quantitative estimate of drug-likeness (QED) is 0.601. The largest absolute Gasteiger partial charge is 0.347 e. The predicted molar refractivity (Wildman–Crippen MR) is 115 cm³/mol. The van der Waals surface area contributed by atoms with Crippen molar-refractivity contribution in [3.8, 4) is 0 Å². The molecule has 0 spiro atoms. The number of nitrogens with one attached hydrogen (secondary N) is 2. The van der Waals surface area contributed by atoms with E-state index in [0.29, 0.717) is 11.1 Å². The zero-order valence-corrected chi connectivity index (χ0v) is 17.2. The van der Waals surface area contributed by atoms with Gasteiger partial charge in [0, 0.05) is 4.88 Å². The second kappa shape index (κ2) is 8.12. The zero-order valence-electron chi connectivity index (χ0n) is 16.4. The summed E-state index contributed by atoms with van der Waals surface area (Å²) < 4.78 is 0. The number of urea groups is 1. The van der Waals surface area contributed by atoms with Crippen molar-refractivity contribution in [2.75, 3.05) is 6.54 Å². The fourth-order valence-electron chi connectivity index (χ4n) is 3.69. The summed E-state index contributed by atoms with van der Waals surface area (Å²) >= 11 is 1.54. The summed E-state index contributed by atoms with van der Waals surface area (Å²) in [4.78, 5) is 41.0. The minimum absolute atomic E-state index is 0.203. The van der Waals surface area contributed by atoms with Gasteiger partial charge in [0.25, 0.3) is 5.91 Å². The van der Waals surface area contributed by atoms with Gasteiger partial charge in [-0.05, 0) is 29.5 Å². The van der Waals surface area contributed by atoms with Gasteiger partial charge < -0.3 is 10.6 Å². The summed E-state index contributed by atoms with van der Waals surface area (Å²) in [5.74, 6) is -0.861. The summed E-state index contributed by atoms with van der Waals surface area (Å²) in [6, 6.07) is 21.2. The Morgan fingerprint density at radius 3 is 2.13 bits per heavy atom. The van der Waals surface area contributed by atoms with E-state index < -0.39 is 23.4 Å². The van der Waals surface area contributed by atoms with E-state index in [1.165, 1.54) is 11.3 Å². The first-order chi connectivity index (χ1) is 14.5. The van der Waals surface area contributed by atoms with Crippen molar-refractivity contribution in [1.82, 2.24) is 15.5 Å². The zero-order chi connectivity index (χ0) is 21.1. The highest BCUT2D eigenvalue weighted by molar-refractivity contribution is 7.10. The second-order valence-corrected chi connectivity index (χ2v) is 8.09. The van der Waals surface area contributed by atoms with E-state index in [2.05, 4.69) is 10.6 Å². The lowest BCUT2D eigenvalue weighted by Crippen LogP contribution is -2.46. The third-order valence-electron chi connectivity index (χ3n) is 5.17. The van der Waals surface area contributed by atoms with Crippen molar-refractivity contribution in [1.29, 1.82) is 0 Å². The van der Waals surface area contributed by atoms with Gasteiger partial charge in [-0.3, -0.25) is 14.5 Å². The van der Waals surface area contributed by atoms with Crippen LogP contribution in [0, 0.1) is 0 Å². The molecule has 152 valence electrons. The Hall–Kier alpha value is -3.45. The second-order valence-electron chi connectivity index (χ2n) is 7.11. The van der Waals surface area contributed by atoms with Crippen LogP contribution in [0.2, 0.25) is 0 Å². The molecular weight excluding hydrogens is 398 g/mol. The molecule has 30 heavy (non-hydrogen) atoms. The van der Waals surface area contributed by atoms with Crippen molar-refractivity contribution < 1.29 is 14.4 Å². The summed E-state index contributed by atoms with van der Waals surface area (Å²) in [5, 5.41) is 7.63. The van der Waals surface area contributed by atoms with Gasteiger partial charge in [0.2, 0.25) is 5.91 Å². The highest BCUT2D eigenvalue weighted by atomic mass is 32.1. The molecule has 0 aliphatic carbocycles. The third kappa shape index (κ3) is 3.48. The summed E-state index contributed by atoms with van der Waals surface area (Å²) in [6.07, 6.45) is 0. The Bertz CT molecular complexity index is 1010. The molecule has 4 rings (SSSR count). The lowest BCUT2D eigenvalue weighted by atomic mass is 9.82. The van der Waals surface area contributed by atoms with E-state index in [1.54, 1.807) is 24.3 Å². The Labute approximate surface area is 178 Å². The molecule has 1 fully saturated rings. The molecule has 1 aromatic heterocycles. The summed E-state index contributed by atoms with van der Waals surface area (Å²) in [5.41, 5.74) is -0.0759. The Kier molecular flexibility index (Phi) is 5.37. The van der Waals surface area contributed by atoms with Gasteiger partial charge in [-0.25, -0.2) is 4.79 Å². The first-order valence-electron chi connectivity index (χ1n) is 9.60. The number of hydrogen-bond acceptors (Lipinski definition) is 4. The van der Waals surface area contributed by atoms with E-state index in [9.17, 15) is 14.4 Å². The minimum Gasteiger partial charge on any atom is -0.347 e. The van der Waals surface area contributed by atoms with E-state index in [1.807, 2.05) is 60.8 Å². The van der Waals surface area contributed by atoms with Crippen molar-refractivity contribution in [2.45, 2.75) is 18.5 Å². The van der Waals surface area contributed by atoms with Crippen molar-refractivity contribution in [2.24, 2.45) is 0 Å². The number of amides is 4. The van der Waals surface area contributed by atoms with Gasteiger partial charge >= 0.3 is 6.03 Å². The highest BCUT2D eigenvalue weighted by Crippen LogP contribution is 2.35. The standard InChI is InChI=1S/C23H21N3O3S/c1-16(19-13-8-14-30-19)24-20(27)15-26-21(28)23(25-22(26)29,17-9-4-2-5-10-17)18-11-6-3-7-12-18/h2-14,16H,15H2,1H3,(H,24,27)(H,25,29)/t16-/m1/s1. The molecule has 1 aliphatic rings. The predicted octanol–water partition coefficient (Wildman–Crippen LogP) is 3.42. The van der Waals surface area contributed by atoms with Crippen molar-refractivity contribution >= 4 is 29.2 Å². The summed E-state index contributed by atoms with van der Waals surface area (Å²) in [7, 11) is 0. The minimum atomic E-state index is -1.36. The number of carbonyl (C=O) groups excluding carboxylic acids is 3. The van der Waals surface area contributed by atoms with Gasteiger partial charge in [0.05, 0.1) is 6.04 Å². The van der Waals surface area contributed by atoms with Gasteiger partial charge in [-0.15, -0.1) is 11.3 Å². The maximum absolute atomic E-state index is 13.6. The molecule has 0 unspecified atom stereocenters. The van der Waals surface area contributed by atoms with Crippen LogP contribution < -0.4 is 10.6 Å². The first-order valence-corrected chi connectivity index (χ1v) is 10.5. The van der Waals surface area contributed by atoms with E-state index >= 15 is 0 Å².